The van der Waals surface area contributed by atoms with Gasteiger partial charge in [0.25, 0.3) is 0 Å². The SMILES string of the molecule is Cc1ccc(S(=O)(=O)NC(Cc2ccccc2)C(=O)NCc2ccccc2-c2ccc(C3OC(CSc4ncccn4)C(C)C(c4ccc(CO)cc4)O3)cc2)cc1. The van der Waals surface area contributed by atoms with Gasteiger partial charge in [-0.3, -0.25) is 4.79 Å². The van der Waals surface area contributed by atoms with Gasteiger partial charge in [-0.1, -0.05) is 140 Å². The van der Waals surface area contributed by atoms with Crippen LogP contribution < -0.4 is 10.0 Å². The van der Waals surface area contributed by atoms with E-state index in [0.29, 0.717) is 10.9 Å². The molecule has 0 aliphatic carbocycles. The summed E-state index contributed by atoms with van der Waals surface area (Å²) in [5, 5.41) is 13.3. The number of aliphatic hydroxyl groups is 1. The molecule has 6 aromatic rings. The normalized spacial score (nSPS) is 18.7. The molecule has 2 heterocycles. The van der Waals surface area contributed by atoms with Crippen LogP contribution in [0.3, 0.4) is 0 Å². The van der Waals surface area contributed by atoms with Crippen LogP contribution in [0.15, 0.2) is 156 Å². The van der Waals surface area contributed by atoms with E-state index < -0.39 is 28.3 Å². The van der Waals surface area contributed by atoms with Gasteiger partial charge < -0.3 is 19.9 Å². The second-order valence-electron chi connectivity index (χ2n) is 14.3. The van der Waals surface area contributed by atoms with E-state index in [4.69, 9.17) is 9.47 Å². The van der Waals surface area contributed by atoms with Gasteiger partial charge in [0.2, 0.25) is 15.9 Å². The Hall–Kier alpha value is -5.21. The van der Waals surface area contributed by atoms with Crippen molar-refractivity contribution in [3.8, 4) is 11.1 Å². The Morgan fingerprint density at radius 1 is 0.793 bits per heavy atom. The van der Waals surface area contributed by atoms with Crippen molar-refractivity contribution in [3.63, 3.8) is 0 Å². The zero-order valence-electron chi connectivity index (χ0n) is 32.3. The van der Waals surface area contributed by atoms with E-state index in [0.717, 1.165) is 44.5 Å². The molecule has 1 amide bonds. The Morgan fingerprint density at radius 3 is 2.17 bits per heavy atom. The van der Waals surface area contributed by atoms with Crippen LogP contribution >= 0.6 is 11.8 Å². The van der Waals surface area contributed by atoms with Gasteiger partial charge in [-0.2, -0.15) is 4.72 Å². The first kappa shape index (κ1) is 41.0. The van der Waals surface area contributed by atoms with Crippen molar-refractivity contribution in [2.75, 3.05) is 5.75 Å². The lowest BCUT2D eigenvalue weighted by Gasteiger charge is -2.41. The molecule has 5 aromatic carbocycles. The maximum Gasteiger partial charge on any atom is 0.241 e. The molecule has 12 heteroatoms. The largest absolute Gasteiger partial charge is 0.392 e. The topological polar surface area (TPSA) is 140 Å². The molecule has 1 saturated heterocycles. The molecule has 0 bridgehead atoms. The van der Waals surface area contributed by atoms with Crippen molar-refractivity contribution < 1.29 is 27.8 Å². The molecule has 1 fully saturated rings. The highest BCUT2D eigenvalue weighted by molar-refractivity contribution is 7.99. The van der Waals surface area contributed by atoms with Crippen LogP contribution in [0, 0.1) is 12.8 Å². The Bertz CT molecular complexity index is 2370. The fourth-order valence-corrected chi connectivity index (χ4v) is 9.08. The number of rotatable bonds is 15. The minimum atomic E-state index is -3.98. The third-order valence-corrected chi connectivity index (χ3v) is 12.7. The molecule has 1 aliphatic rings. The van der Waals surface area contributed by atoms with Gasteiger partial charge in [-0.05, 0) is 64.9 Å². The summed E-state index contributed by atoms with van der Waals surface area (Å²) in [6.45, 7) is 4.16. The molecule has 3 N–H and O–H groups in total. The summed E-state index contributed by atoms with van der Waals surface area (Å²) >= 11 is 1.54. The summed E-state index contributed by atoms with van der Waals surface area (Å²) in [5.74, 6) is 0.212. The number of sulfonamides is 1. The van der Waals surface area contributed by atoms with Gasteiger partial charge in [0.15, 0.2) is 11.4 Å². The van der Waals surface area contributed by atoms with Crippen LogP contribution in [-0.2, 0) is 43.9 Å². The maximum absolute atomic E-state index is 13.8. The van der Waals surface area contributed by atoms with Gasteiger partial charge in [0, 0.05) is 36.2 Å². The van der Waals surface area contributed by atoms with E-state index in [1.54, 1.807) is 54.5 Å². The second-order valence-corrected chi connectivity index (χ2v) is 17.0. The first-order valence-corrected chi connectivity index (χ1v) is 21.6. The van der Waals surface area contributed by atoms with E-state index in [9.17, 15) is 18.3 Å². The summed E-state index contributed by atoms with van der Waals surface area (Å²) in [5.41, 5.74) is 7.18. The first-order chi connectivity index (χ1) is 28.2. The minimum absolute atomic E-state index is 0.0130. The Kier molecular flexibility index (Phi) is 13.4. The van der Waals surface area contributed by atoms with Gasteiger partial charge in [0.1, 0.15) is 6.04 Å². The van der Waals surface area contributed by atoms with Crippen molar-refractivity contribution in [1.82, 2.24) is 20.0 Å². The van der Waals surface area contributed by atoms with E-state index in [2.05, 4.69) is 26.9 Å². The van der Waals surface area contributed by atoms with Gasteiger partial charge in [-0.25, -0.2) is 18.4 Å². The molecule has 58 heavy (non-hydrogen) atoms. The molecule has 1 aromatic heterocycles. The van der Waals surface area contributed by atoms with E-state index in [1.165, 1.54) is 0 Å². The fourth-order valence-electron chi connectivity index (χ4n) is 6.92. The average Bonchev–Trinajstić information content (AvgIpc) is 3.26. The molecule has 5 unspecified atom stereocenters. The van der Waals surface area contributed by atoms with Gasteiger partial charge in [0.05, 0.1) is 23.7 Å². The van der Waals surface area contributed by atoms with Crippen molar-refractivity contribution in [2.24, 2.45) is 5.92 Å². The third-order valence-electron chi connectivity index (χ3n) is 10.2. The van der Waals surface area contributed by atoms with Crippen LogP contribution in [0.2, 0.25) is 0 Å². The summed E-state index contributed by atoms with van der Waals surface area (Å²) in [4.78, 5) is 22.6. The highest BCUT2D eigenvalue weighted by atomic mass is 32.2. The fraction of sp³-hybridized carbons (Fsp3) is 0.239. The van der Waals surface area contributed by atoms with Crippen LogP contribution in [0.25, 0.3) is 11.1 Å². The number of amides is 1. The number of nitrogens with one attached hydrogen (secondary N) is 2. The second kappa shape index (κ2) is 19.0. The lowest BCUT2D eigenvalue weighted by atomic mass is 9.91. The molecule has 0 radical (unpaired) electrons. The number of carbonyl (C=O) groups excluding carboxylic acids is 1. The first-order valence-electron chi connectivity index (χ1n) is 19.2. The molecule has 298 valence electrons. The average molecular weight is 815 g/mol. The standard InChI is InChI=1S/C46H46N4O6S2/c1-31-13-23-39(24-14-31)58(53,54)50-41(27-33-9-4-3-5-10-33)44(52)49-28-38-11-6-7-12-40(38)35-19-21-37(22-20-35)45-55-42(30-57-46-47-25-8-26-48-46)32(2)43(56-45)36-17-15-34(29-51)16-18-36/h3-26,32,41-43,45,50-51H,27-30H2,1-2H3,(H,49,52). The molecule has 0 saturated carbocycles. The molecule has 7 rings (SSSR count). The number of benzene rings is 5. The molecule has 5 atom stereocenters. The zero-order chi connectivity index (χ0) is 40.5. The molecule has 0 spiro atoms. The number of thioether (sulfide) groups is 1. The van der Waals surface area contributed by atoms with Crippen LogP contribution in [-0.4, -0.2) is 47.3 Å². The monoisotopic (exact) mass is 814 g/mol. The smallest absolute Gasteiger partial charge is 0.241 e. The number of carbonyl (C=O) groups is 1. The highest BCUT2D eigenvalue weighted by Crippen LogP contribution is 2.43. The number of ether oxygens (including phenoxy) is 2. The number of hydrogen-bond acceptors (Lipinski definition) is 9. The van der Waals surface area contributed by atoms with E-state index >= 15 is 0 Å². The van der Waals surface area contributed by atoms with E-state index in [-0.39, 0.29) is 42.6 Å². The number of aryl methyl sites for hydroxylation is 1. The Morgan fingerprint density at radius 2 is 1.47 bits per heavy atom. The number of hydrogen-bond donors (Lipinski definition) is 3. The highest BCUT2D eigenvalue weighted by Gasteiger charge is 2.38. The van der Waals surface area contributed by atoms with Crippen molar-refractivity contribution in [2.45, 2.75) is 68.0 Å². The number of aliphatic hydroxyl groups excluding tert-OH is 1. The summed E-state index contributed by atoms with van der Waals surface area (Å²) in [7, 11) is -3.98. The molecule has 1 aliphatic heterocycles. The predicted octanol–water partition coefficient (Wildman–Crippen LogP) is 7.73. The van der Waals surface area contributed by atoms with Crippen LogP contribution in [0.4, 0.5) is 0 Å². The lowest BCUT2D eigenvalue weighted by molar-refractivity contribution is -0.268. The van der Waals surface area contributed by atoms with Gasteiger partial charge in [-0.15, -0.1) is 0 Å². The summed E-state index contributed by atoms with van der Waals surface area (Å²) < 4.78 is 42.8. The lowest BCUT2D eigenvalue weighted by Crippen LogP contribution is -2.47. The molecular formula is C46H46N4O6S2. The van der Waals surface area contributed by atoms with Gasteiger partial charge >= 0.3 is 0 Å². The summed E-state index contributed by atoms with van der Waals surface area (Å²) in [6, 6.07) is 40.3. The van der Waals surface area contributed by atoms with E-state index in [1.807, 2.05) is 110 Å². The van der Waals surface area contributed by atoms with Crippen LogP contribution in [0.1, 0.15) is 52.7 Å². The minimum Gasteiger partial charge on any atom is -0.392 e. The quantitative estimate of drug-likeness (QED) is 0.0702. The third kappa shape index (κ3) is 10.3. The van der Waals surface area contributed by atoms with Crippen molar-refractivity contribution in [3.05, 3.63) is 179 Å². The predicted molar refractivity (Wildman–Crippen MR) is 225 cm³/mol. The summed E-state index contributed by atoms with van der Waals surface area (Å²) in [6.07, 6.45) is 2.56. The van der Waals surface area contributed by atoms with Crippen molar-refractivity contribution in [1.29, 1.82) is 0 Å². The number of nitrogens with zero attached hydrogens (tertiary/aromatic N) is 2. The molecular weight excluding hydrogens is 769 g/mol. The maximum atomic E-state index is 13.8. The molecule has 10 nitrogen and oxygen atoms in total. The Labute approximate surface area is 344 Å². The Balaban J connectivity index is 1.08. The number of aromatic nitrogens is 2. The zero-order valence-corrected chi connectivity index (χ0v) is 33.9. The van der Waals surface area contributed by atoms with Crippen LogP contribution in [0.5, 0.6) is 0 Å². The van der Waals surface area contributed by atoms with Crippen molar-refractivity contribution >= 4 is 27.7 Å².